The largest absolute Gasteiger partial charge is 0.350 e. The molecule has 2 aromatic rings. The molecule has 30 heavy (non-hydrogen) atoms. The van der Waals surface area contributed by atoms with Crippen molar-refractivity contribution >= 4 is 28.4 Å². The minimum absolute atomic E-state index is 0.264. The van der Waals surface area contributed by atoms with Crippen molar-refractivity contribution in [3.05, 3.63) is 42.1 Å². The van der Waals surface area contributed by atoms with E-state index in [4.69, 9.17) is 4.99 Å². The number of nitrogens with one attached hydrogen (secondary N) is 1. The van der Waals surface area contributed by atoms with Gasteiger partial charge < -0.3 is 10.2 Å². The molecule has 1 aliphatic carbocycles. The average molecular weight is 412 g/mol. The Bertz CT molecular complexity index is 1040. The quantitative estimate of drug-likeness (QED) is 0.824. The molecule has 4 atom stereocenters. The topological polar surface area (TPSA) is 74.7 Å². The monoisotopic (exact) mass is 412 g/mol. The van der Waals surface area contributed by atoms with Gasteiger partial charge in [0.2, 0.25) is 5.91 Å². The first-order valence-corrected chi connectivity index (χ1v) is 10.3. The van der Waals surface area contributed by atoms with E-state index in [1.807, 2.05) is 18.2 Å². The third-order valence-corrected chi connectivity index (χ3v) is 6.51. The molecule has 2 unspecified atom stereocenters. The number of alkyl halides is 2. The molecule has 0 spiro atoms. The van der Waals surface area contributed by atoms with Gasteiger partial charge in [-0.2, -0.15) is 8.78 Å². The zero-order valence-electron chi connectivity index (χ0n) is 16.3. The van der Waals surface area contributed by atoms with Gasteiger partial charge in [-0.1, -0.05) is 37.1 Å². The van der Waals surface area contributed by atoms with Gasteiger partial charge >= 0.3 is 6.43 Å². The van der Waals surface area contributed by atoms with Gasteiger partial charge in [0, 0.05) is 22.9 Å². The van der Waals surface area contributed by atoms with E-state index in [2.05, 4.69) is 10.3 Å². The van der Waals surface area contributed by atoms with E-state index >= 15 is 0 Å². The summed E-state index contributed by atoms with van der Waals surface area (Å²) in [5.74, 6) is -2.30. The van der Waals surface area contributed by atoms with Crippen molar-refractivity contribution in [2.75, 3.05) is 6.54 Å². The van der Waals surface area contributed by atoms with Crippen LogP contribution in [0.1, 0.15) is 37.3 Å². The molecule has 8 heteroatoms. The fraction of sp³-hybridized carbons (Fsp3) is 0.455. The second-order valence-corrected chi connectivity index (χ2v) is 8.15. The maximum absolute atomic E-state index is 13.8. The third-order valence-electron chi connectivity index (χ3n) is 6.51. The molecule has 6 nitrogen and oxygen atoms in total. The van der Waals surface area contributed by atoms with Crippen LogP contribution in [0.4, 0.5) is 8.78 Å². The molecule has 1 aromatic heterocycles. The molecule has 1 aromatic carbocycles. The highest BCUT2D eigenvalue weighted by atomic mass is 19.3. The Kier molecular flexibility index (Phi) is 4.72. The van der Waals surface area contributed by atoms with Crippen LogP contribution in [0, 0.1) is 5.92 Å². The van der Waals surface area contributed by atoms with Crippen molar-refractivity contribution in [2.45, 2.75) is 50.2 Å². The Morgan fingerprint density at radius 2 is 1.97 bits per heavy atom. The number of hydrogen-bond donors (Lipinski definition) is 1. The number of para-hydroxylation sites is 1. The zero-order valence-corrected chi connectivity index (χ0v) is 16.3. The van der Waals surface area contributed by atoms with E-state index in [-0.39, 0.29) is 18.5 Å². The van der Waals surface area contributed by atoms with Crippen LogP contribution in [0.15, 0.2) is 41.5 Å². The summed E-state index contributed by atoms with van der Waals surface area (Å²) in [6.45, 7) is 0.290. The standard InChI is InChI=1S/C22H22F2N4O2/c23-20(24)22(30)28-16-9-2-1-8-14(16)27-15-11-26-21(29)17(15)19(28)13-7-3-5-12-6-4-10-25-18(12)13/h3-7,10,14,16-17,19-20H,1-2,8-9,11H2,(H,26,29)/t14-,16?,17?,19-/m1/s1. The highest BCUT2D eigenvalue weighted by Gasteiger charge is 2.51. The van der Waals surface area contributed by atoms with Crippen molar-refractivity contribution in [1.29, 1.82) is 0 Å². The number of nitrogens with zero attached hydrogens (tertiary/aromatic N) is 3. The maximum Gasteiger partial charge on any atom is 0.315 e. The lowest BCUT2D eigenvalue weighted by molar-refractivity contribution is -0.151. The lowest BCUT2D eigenvalue weighted by Gasteiger charge is -2.42. The van der Waals surface area contributed by atoms with Crippen LogP contribution in [0.2, 0.25) is 0 Å². The van der Waals surface area contributed by atoms with Crippen molar-refractivity contribution in [1.82, 2.24) is 15.2 Å². The van der Waals surface area contributed by atoms with Gasteiger partial charge in [0.1, 0.15) is 5.92 Å². The number of benzene rings is 1. The minimum Gasteiger partial charge on any atom is -0.350 e. The van der Waals surface area contributed by atoms with E-state index in [0.29, 0.717) is 23.2 Å². The highest BCUT2D eigenvalue weighted by molar-refractivity contribution is 6.12. The maximum atomic E-state index is 13.8. The smallest absolute Gasteiger partial charge is 0.315 e. The fourth-order valence-corrected chi connectivity index (χ4v) is 5.26. The van der Waals surface area contributed by atoms with Gasteiger partial charge in [0.05, 0.1) is 30.2 Å². The molecule has 2 aliphatic heterocycles. The number of pyridine rings is 1. The highest BCUT2D eigenvalue weighted by Crippen LogP contribution is 2.43. The normalized spacial score (nSPS) is 28.6. The van der Waals surface area contributed by atoms with Crippen LogP contribution in [0.5, 0.6) is 0 Å². The van der Waals surface area contributed by atoms with Crippen molar-refractivity contribution in [2.24, 2.45) is 10.9 Å². The first kappa shape index (κ1) is 19.1. The molecule has 5 rings (SSSR count). The van der Waals surface area contributed by atoms with Crippen molar-refractivity contribution in [3.63, 3.8) is 0 Å². The molecule has 156 valence electrons. The van der Waals surface area contributed by atoms with E-state index < -0.39 is 30.3 Å². The van der Waals surface area contributed by atoms with Gasteiger partial charge in [-0.25, -0.2) is 0 Å². The van der Waals surface area contributed by atoms with Crippen LogP contribution < -0.4 is 5.32 Å². The SMILES string of the molecule is O=C1NCC2=N[C@@H]3CCCCC3N(C(=O)C(F)F)[C@H](c3cccc4cccnc34)C12. The molecular formula is C22H22F2N4O2. The number of aromatic nitrogens is 1. The molecule has 0 bridgehead atoms. The summed E-state index contributed by atoms with van der Waals surface area (Å²) in [5.41, 5.74) is 1.88. The molecule has 0 radical (unpaired) electrons. The van der Waals surface area contributed by atoms with Gasteiger partial charge in [0.25, 0.3) is 5.91 Å². The van der Waals surface area contributed by atoms with E-state index in [9.17, 15) is 18.4 Å². The van der Waals surface area contributed by atoms with E-state index in [1.54, 1.807) is 18.3 Å². The first-order valence-electron chi connectivity index (χ1n) is 10.3. The lowest BCUT2D eigenvalue weighted by Crippen LogP contribution is -2.52. The minimum atomic E-state index is -3.15. The predicted octanol–water partition coefficient (Wildman–Crippen LogP) is 2.88. The number of aliphatic imine (C=N–C) groups is 1. The fourth-order valence-electron chi connectivity index (χ4n) is 5.26. The number of carbonyl (C=O) groups excluding carboxylic acids is 2. The Hall–Kier alpha value is -2.90. The summed E-state index contributed by atoms with van der Waals surface area (Å²) in [6, 6.07) is 7.60. The van der Waals surface area contributed by atoms with Crippen LogP contribution in [0.25, 0.3) is 10.9 Å². The van der Waals surface area contributed by atoms with Gasteiger partial charge in [0.15, 0.2) is 0 Å². The average Bonchev–Trinajstić information content (AvgIpc) is 3.04. The first-order chi connectivity index (χ1) is 14.6. The molecule has 1 saturated carbocycles. The summed E-state index contributed by atoms with van der Waals surface area (Å²) >= 11 is 0. The van der Waals surface area contributed by atoms with Gasteiger partial charge in [-0.05, 0) is 18.9 Å². The van der Waals surface area contributed by atoms with Crippen LogP contribution >= 0.6 is 0 Å². The molecule has 1 N–H and O–H groups in total. The van der Waals surface area contributed by atoms with Gasteiger partial charge in [-0.15, -0.1) is 0 Å². The number of fused-ring (bicyclic) bond motifs is 3. The van der Waals surface area contributed by atoms with Crippen LogP contribution in [0.3, 0.4) is 0 Å². The van der Waals surface area contributed by atoms with Crippen molar-refractivity contribution in [3.8, 4) is 0 Å². The van der Waals surface area contributed by atoms with Crippen LogP contribution in [-0.4, -0.2) is 52.5 Å². The number of halogens is 2. The molecular weight excluding hydrogens is 390 g/mol. The Morgan fingerprint density at radius 3 is 2.80 bits per heavy atom. The third kappa shape index (κ3) is 2.97. The summed E-state index contributed by atoms with van der Waals surface area (Å²) in [5, 5.41) is 3.64. The number of hydrogen-bond acceptors (Lipinski definition) is 4. The number of rotatable bonds is 2. The number of carbonyl (C=O) groups is 2. The van der Waals surface area contributed by atoms with Crippen LogP contribution in [-0.2, 0) is 9.59 Å². The second kappa shape index (κ2) is 7.41. The molecule has 2 amide bonds. The zero-order chi connectivity index (χ0) is 20.8. The van der Waals surface area contributed by atoms with E-state index in [0.717, 1.165) is 24.6 Å². The Morgan fingerprint density at radius 1 is 1.17 bits per heavy atom. The summed E-state index contributed by atoms with van der Waals surface area (Å²) in [7, 11) is 0. The Labute approximate surface area is 172 Å². The molecule has 3 heterocycles. The molecule has 1 saturated heterocycles. The molecule has 3 aliphatic rings. The number of amides is 2. The summed E-state index contributed by atoms with van der Waals surface area (Å²) < 4.78 is 27.6. The molecule has 2 fully saturated rings. The second-order valence-electron chi connectivity index (χ2n) is 8.15. The van der Waals surface area contributed by atoms with E-state index in [1.165, 1.54) is 4.90 Å². The van der Waals surface area contributed by atoms with Gasteiger partial charge in [-0.3, -0.25) is 19.6 Å². The summed E-state index contributed by atoms with van der Waals surface area (Å²) in [6.07, 6.45) is 1.59. The summed E-state index contributed by atoms with van der Waals surface area (Å²) in [4.78, 5) is 36.4. The predicted molar refractivity (Wildman–Crippen MR) is 107 cm³/mol. The Balaban J connectivity index is 1.76. The van der Waals surface area contributed by atoms with Crippen molar-refractivity contribution < 1.29 is 18.4 Å². The lowest BCUT2D eigenvalue weighted by atomic mass is 9.85.